The number of amides is 2. The predicted octanol–water partition coefficient (Wildman–Crippen LogP) is 5.16. The summed E-state index contributed by atoms with van der Waals surface area (Å²) < 4.78 is 37.2. The number of benzene rings is 4. The lowest BCUT2D eigenvalue weighted by atomic mass is 9.97. The van der Waals surface area contributed by atoms with Crippen LogP contribution in [0.5, 0.6) is 0 Å². The number of urea groups is 1. The molecule has 1 aliphatic heterocycles. The Kier molecular flexibility index (Phi) is 13.5. The van der Waals surface area contributed by atoms with Crippen molar-refractivity contribution in [1.29, 1.82) is 0 Å². The SMILES string of the molecule is COC(=O)CNC(=O)N[C@H]1O[C@H](COCc2ccccc2)[C@@H](OCc2ccccc2)[C@H](OCc2ccccc2)[C@H]1OCc1ccccc1. The normalized spacial score (nSPS) is 20.5. The zero-order valence-corrected chi connectivity index (χ0v) is 26.9. The molecule has 10 heteroatoms. The van der Waals surface area contributed by atoms with Crippen molar-refractivity contribution in [2.45, 2.75) is 57.1 Å². The number of carbonyl (C=O) groups excluding carboxylic acids is 2. The fraction of sp³-hybridized carbons (Fsp3) is 0.316. The molecule has 0 unspecified atom stereocenters. The van der Waals surface area contributed by atoms with E-state index >= 15 is 0 Å². The highest BCUT2D eigenvalue weighted by atomic mass is 16.6. The first-order valence-corrected chi connectivity index (χ1v) is 15.9. The molecule has 0 aliphatic carbocycles. The molecule has 4 aromatic rings. The Hall–Kier alpha value is -4.58. The smallest absolute Gasteiger partial charge is 0.325 e. The third-order valence-corrected chi connectivity index (χ3v) is 7.78. The van der Waals surface area contributed by atoms with Gasteiger partial charge in [0.25, 0.3) is 0 Å². The Labute approximate surface area is 281 Å². The number of ether oxygens (including phenoxy) is 6. The van der Waals surface area contributed by atoms with E-state index in [1.807, 2.05) is 121 Å². The Morgan fingerprint density at radius 2 is 1.04 bits per heavy atom. The maximum Gasteiger partial charge on any atom is 0.325 e. The fourth-order valence-corrected chi connectivity index (χ4v) is 5.31. The van der Waals surface area contributed by atoms with Crippen LogP contribution in [0.4, 0.5) is 4.79 Å². The highest BCUT2D eigenvalue weighted by molar-refractivity contribution is 5.80. The average molecular weight is 655 g/mol. The van der Waals surface area contributed by atoms with Crippen molar-refractivity contribution >= 4 is 12.0 Å². The van der Waals surface area contributed by atoms with Crippen LogP contribution in [0.3, 0.4) is 0 Å². The summed E-state index contributed by atoms with van der Waals surface area (Å²) in [5, 5.41) is 5.37. The molecule has 1 fully saturated rings. The second-order valence-electron chi connectivity index (χ2n) is 11.3. The summed E-state index contributed by atoms with van der Waals surface area (Å²) in [4.78, 5) is 24.8. The van der Waals surface area contributed by atoms with E-state index in [2.05, 4.69) is 15.4 Å². The molecule has 0 bridgehead atoms. The van der Waals surface area contributed by atoms with Crippen molar-refractivity contribution in [1.82, 2.24) is 10.6 Å². The second-order valence-corrected chi connectivity index (χ2v) is 11.3. The molecule has 2 N–H and O–H groups in total. The van der Waals surface area contributed by atoms with Gasteiger partial charge in [0.15, 0.2) is 6.23 Å². The van der Waals surface area contributed by atoms with Gasteiger partial charge in [-0.25, -0.2) is 4.79 Å². The summed E-state index contributed by atoms with van der Waals surface area (Å²) in [6, 6.07) is 38.6. The number of nitrogens with one attached hydrogen (secondary N) is 2. The minimum Gasteiger partial charge on any atom is -0.468 e. The van der Waals surface area contributed by atoms with Crippen LogP contribution in [0.15, 0.2) is 121 Å². The lowest BCUT2D eigenvalue weighted by molar-refractivity contribution is -0.275. The quantitative estimate of drug-likeness (QED) is 0.160. The molecule has 5 atom stereocenters. The van der Waals surface area contributed by atoms with Crippen LogP contribution in [-0.2, 0) is 59.6 Å². The molecular weight excluding hydrogens is 612 g/mol. The van der Waals surface area contributed by atoms with Gasteiger partial charge in [-0.3, -0.25) is 4.79 Å². The first kappa shape index (κ1) is 34.7. The van der Waals surface area contributed by atoms with Gasteiger partial charge >= 0.3 is 12.0 Å². The van der Waals surface area contributed by atoms with Crippen molar-refractivity contribution in [2.24, 2.45) is 0 Å². The molecule has 2 amide bonds. The molecule has 0 saturated carbocycles. The minimum absolute atomic E-state index is 0.146. The highest BCUT2D eigenvalue weighted by Crippen LogP contribution is 2.30. The molecule has 5 rings (SSSR count). The van der Waals surface area contributed by atoms with Gasteiger partial charge in [0.2, 0.25) is 0 Å². The second kappa shape index (κ2) is 18.7. The average Bonchev–Trinajstić information content (AvgIpc) is 3.13. The summed E-state index contributed by atoms with van der Waals surface area (Å²) in [5.41, 5.74) is 3.88. The zero-order valence-electron chi connectivity index (χ0n) is 26.9. The highest BCUT2D eigenvalue weighted by Gasteiger charge is 2.49. The van der Waals surface area contributed by atoms with E-state index in [-0.39, 0.29) is 26.4 Å². The largest absolute Gasteiger partial charge is 0.468 e. The molecule has 0 aromatic heterocycles. The Bertz CT molecular complexity index is 1510. The van der Waals surface area contributed by atoms with E-state index in [0.717, 1.165) is 22.3 Å². The number of methoxy groups -OCH3 is 1. The van der Waals surface area contributed by atoms with Gasteiger partial charge < -0.3 is 39.1 Å². The first-order valence-electron chi connectivity index (χ1n) is 15.9. The van der Waals surface area contributed by atoms with Gasteiger partial charge in [-0.2, -0.15) is 0 Å². The summed E-state index contributed by atoms with van der Waals surface area (Å²) in [5.74, 6) is -0.586. The summed E-state index contributed by atoms with van der Waals surface area (Å²) >= 11 is 0. The third kappa shape index (κ3) is 10.7. The fourth-order valence-electron chi connectivity index (χ4n) is 5.31. The molecule has 48 heavy (non-hydrogen) atoms. The van der Waals surface area contributed by atoms with E-state index in [4.69, 9.17) is 23.7 Å². The molecule has 0 radical (unpaired) electrons. The lowest BCUT2D eigenvalue weighted by Crippen LogP contribution is -2.66. The summed E-state index contributed by atoms with van der Waals surface area (Å²) in [6.45, 7) is 0.965. The van der Waals surface area contributed by atoms with Crippen LogP contribution in [-0.4, -0.2) is 62.9 Å². The van der Waals surface area contributed by atoms with Crippen LogP contribution in [0, 0.1) is 0 Å². The third-order valence-electron chi connectivity index (χ3n) is 7.78. The molecule has 0 spiro atoms. The van der Waals surface area contributed by atoms with E-state index in [1.54, 1.807) is 0 Å². The van der Waals surface area contributed by atoms with Crippen LogP contribution in [0.1, 0.15) is 22.3 Å². The van der Waals surface area contributed by atoms with Crippen LogP contribution in [0.2, 0.25) is 0 Å². The molecule has 252 valence electrons. The van der Waals surface area contributed by atoms with Gasteiger partial charge in [0, 0.05) is 0 Å². The summed E-state index contributed by atoms with van der Waals surface area (Å²) in [6.07, 6.45) is -3.83. The zero-order chi connectivity index (χ0) is 33.4. The van der Waals surface area contributed by atoms with Crippen molar-refractivity contribution in [2.75, 3.05) is 20.3 Å². The Balaban J connectivity index is 1.44. The summed E-state index contributed by atoms with van der Waals surface area (Å²) in [7, 11) is 1.25. The predicted molar refractivity (Wildman–Crippen MR) is 178 cm³/mol. The maximum absolute atomic E-state index is 13.1. The van der Waals surface area contributed by atoms with Crippen molar-refractivity contribution in [3.05, 3.63) is 144 Å². The molecule has 1 heterocycles. The van der Waals surface area contributed by atoms with Gasteiger partial charge in [0.1, 0.15) is 31.0 Å². The minimum atomic E-state index is -0.992. The van der Waals surface area contributed by atoms with Crippen molar-refractivity contribution in [3.8, 4) is 0 Å². The maximum atomic E-state index is 13.1. The number of rotatable bonds is 16. The van der Waals surface area contributed by atoms with Crippen LogP contribution in [0.25, 0.3) is 0 Å². The van der Waals surface area contributed by atoms with Gasteiger partial charge in [-0.1, -0.05) is 121 Å². The topological polar surface area (TPSA) is 114 Å². The van der Waals surface area contributed by atoms with E-state index in [1.165, 1.54) is 7.11 Å². The number of carbonyl (C=O) groups is 2. The van der Waals surface area contributed by atoms with E-state index in [9.17, 15) is 9.59 Å². The van der Waals surface area contributed by atoms with E-state index in [0.29, 0.717) is 13.2 Å². The molecular formula is C38H42N2O8. The molecule has 1 saturated heterocycles. The number of esters is 1. The lowest BCUT2D eigenvalue weighted by Gasteiger charge is -2.46. The van der Waals surface area contributed by atoms with E-state index < -0.39 is 42.6 Å². The first-order chi connectivity index (χ1) is 23.6. The van der Waals surface area contributed by atoms with Crippen LogP contribution >= 0.6 is 0 Å². The van der Waals surface area contributed by atoms with Gasteiger partial charge in [-0.05, 0) is 22.3 Å². The number of hydrogen-bond acceptors (Lipinski definition) is 8. The van der Waals surface area contributed by atoms with Crippen LogP contribution < -0.4 is 10.6 Å². The van der Waals surface area contributed by atoms with Gasteiger partial charge in [0.05, 0.1) is 40.1 Å². The molecule has 1 aliphatic rings. The number of hydrogen-bond donors (Lipinski definition) is 2. The standard InChI is InChI=1S/C38H42N2O8/c1-43-33(41)22-39-38(42)40-37-36(47-26-31-20-12-5-13-21-31)35(46-25-30-18-10-4-11-19-30)34(45-24-29-16-8-3-9-17-29)32(48-37)27-44-23-28-14-6-2-7-15-28/h2-21,32,34-37H,22-27H2,1H3,(H2,39,40,42)/t32-,34-,35+,36-,37+/m1/s1. The monoisotopic (exact) mass is 654 g/mol. The molecule has 4 aromatic carbocycles. The Morgan fingerprint density at radius 3 is 1.52 bits per heavy atom. The molecule has 10 nitrogen and oxygen atoms in total. The van der Waals surface area contributed by atoms with Gasteiger partial charge in [-0.15, -0.1) is 0 Å². The van der Waals surface area contributed by atoms with Crippen molar-refractivity contribution in [3.63, 3.8) is 0 Å². The Morgan fingerprint density at radius 1 is 0.604 bits per heavy atom. The van der Waals surface area contributed by atoms with Crippen molar-refractivity contribution < 1.29 is 38.0 Å².